The summed E-state index contributed by atoms with van der Waals surface area (Å²) >= 11 is 5.87. The lowest BCUT2D eigenvalue weighted by atomic mass is 10.00. The lowest BCUT2D eigenvalue weighted by molar-refractivity contribution is -0.384. The molecule has 0 saturated heterocycles. The van der Waals surface area contributed by atoms with E-state index in [1.54, 1.807) is 13.0 Å². The standard InChI is InChI=1S/C12H17ClN2O3/c1-8-6-11(15(17)18)9(13)7-10(8)14-12(2,3)4-5-16/h6-7,14,16H,4-5H2,1-3H3. The predicted molar refractivity (Wildman–Crippen MR) is 72.2 cm³/mol. The summed E-state index contributed by atoms with van der Waals surface area (Å²) in [7, 11) is 0. The zero-order valence-electron chi connectivity index (χ0n) is 10.7. The van der Waals surface area contributed by atoms with Crippen LogP contribution in [0.1, 0.15) is 25.8 Å². The number of nitro groups is 1. The van der Waals surface area contributed by atoms with Crippen molar-refractivity contribution in [3.63, 3.8) is 0 Å². The Kier molecular flexibility index (Phi) is 4.53. The maximum Gasteiger partial charge on any atom is 0.288 e. The van der Waals surface area contributed by atoms with Crippen LogP contribution in [0.15, 0.2) is 12.1 Å². The van der Waals surface area contributed by atoms with E-state index in [0.717, 1.165) is 11.3 Å². The molecule has 5 nitrogen and oxygen atoms in total. The number of aliphatic hydroxyl groups is 1. The van der Waals surface area contributed by atoms with E-state index < -0.39 is 4.92 Å². The highest BCUT2D eigenvalue weighted by Gasteiger charge is 2.20. The molecule has 0 unspecified atom stereocenters. The second-order valence-electron chi connectivity index (χ2n) is 4.86. The Morgan fingerprint density at radius 2 is 2.11 bits per heavy atom. The number of nitro benzene ring substituents is 1. The van der Waals surface area contributed by atoms with Crippen LogP contribution in [-0.2, 0) is 0 Å². The first-order valence-corrected chi connectivity index (χ1v) is 5.98. The molecule has 0 fully saturated rings. The molecule has 0 radical (unpaired) electrons. The van der Waals surface area contributed by atoms with Crippen LogP contribution >= 0.6 is 11.6 Å². The molecule has 0 aliphatic carbocycles. The Bertz CT molecular complexity index is 461. The third-order valence-corrected chi connectivity index (χ3v) is 3.00. The summed E-state index contributed by atoms with van der Waals surface area (Å²) < 4.78 is 0. The molecule has 0 spiro atoms. The molecule has 0 atom stereocenters. The number of aliphatic hydroxyl groups excluding tert-OH is 1. The van der Waals surface area contributed by atoms with Gasteiger partial charge in [0, 0.05) is 23.9 Å². The van der Waals surface area contributed by atoms with Crippen molar-refractivity contribution in [3.8, 4) is 0 Å². The van der Waals surface area contributed by atoms with Gasteiger partial charge in [-0.3, -0.25) is 10.1 Å². The number of aryl methyl sites for hydroxylation is 1. The molecule has 100 valence electrons. The SMILES string of the molecule is Cc1cc([N+](=O)[O-])c(Cl)cc1NC(C)(C)CCO. The number of nitrogens with zero attached hydrogens (tertiary/aromatic N) is 1. The summed E-state index contributed by atoms with van der Waals surface area (Å²) in [4.78, 5) is 10.2. The van der Waals surface area contributed by atoms with Gasteiger partial charge in [-0.25, -0.2) is 0 Å². The summed E-state index contributed by atoms with van der Waals surface area (Å²) in [6, 6.07) is 2.99. The Morgan fingerprint density at radius 1 is 1.50 bits per heavy atom. The van der Waals surface area contributed by atoms with Crippen LogP contribution in [0, 0.1) is 17.0 Å². The van der Waals surface area contributed by atoms with Gasteiger partial charge >= 0.3 is 0 Å². The molecular formula is C12H17ClN2O3. The van der Waals surface area contributed by atoms with Crippen LogP contribution in [0.25, 0.3) is 0 Å². The molecule has 1 aromatic rings. The highest BCUT2D eigenvalue weighted by Crippen LogP contribution is 2.32. The lowest BCUT2D eigenvalue weighted by Gasteiger charge is -2.27. The van der Waals surface area contributed by atoms with Gasteiger partial charge in [0.15, 0.2) is 0 Å². The van der Waals surface area contributed by atoms with Crippen molar-refractivity contribution in [2.75, 3.05) is 11.9 Å². The molecule has 0 aliphatic rings. The van der Waals surface area contributed by atoms with Gasteiger partial charge in [-0.1, -0.05) is 11.6 Å². The number of hydrogen-bond acceptors (Lipinski definition) is 4. The van der Waals surface area contributed by atoms with E-state index in [2.05, 4.69) is 5.32 Å². The fourth-order valence-electron chi connectivity index (χ4n) is 1.65. The summed E-state index contributed by atoms with van der Waals surface area (Å²) in [6.45, 7) is 5.73. The average Bonchev–Trinajstić information content (AvgIpc) is 2.21. The van der Waals surface area contributed by atoms with Crippen LogP contribution in [0.4, 0.5) is 11.4 Å². The van der Waals surface area contributed by atoms with Gasteiger partial charge in [-0.2, -0.15) is 0 Å². The Balaban J connectivity index is 3.05. The highest BCUT2D eigenvalue weighted by atomic mass is 35.5. The predicted octanol–water partition coefficient (Wildman–Crippen LogP) is 3.13. The summed E-state index contributed by atoms with van der Waals surface area (Å²) in [5.74, 6) is 0. The van der Waals surface area contributed by atoms with E-state index >= 15 is 0 Å². The van der Waals surface area contributed by atoms with Gasteiger partial charge in [-0.15, -0.1) is 0 Å². The minimum atomic E-state index is -0.502. The molecule has 0 aromatic heterocycles. The molecule has 1 aromatic carbocycles. The van der Waals surface area contributed by atoms with Crippen LogP contribution in [0.5, 0.6) is 0 Å². The topological polar surface area (TPSA) is 75.4 Å². The van der Waals surface area contributed by atoms with Gasteiger partial charge in [-0.05, 0) is 38.8 Å². The molecular weight excluding hydrogens is 256 g/mol. The first kappa shape index (κ1) is 14.7. The third-order valence-electron chi connectivity index (χ3n) is 2.70. The van der Waals surface area contributed by atoms with E-state index in [9.17, 15) is 10.1 Å². The first-order chi connectivity index (χ1) is 8.26. The molecule has 18 heavy (non-hydrogen) atoms. The average molecular weight is 273 g/mol. The first-order valence-electron chi connectivity index (χ1n) is 5.60. The second-order valence-corrected chi connectivity index (χ2v) is 5.27. The van der Waals surface area contributed by atoms with E-state index in [1.807, 2.05) is 13.8 Å². The van der Waals surface area contributed by atoms with Gasteiger partial charge in [0.2, 0.25) is 0 Å². The summed E-state index contributed by atoms with van der Waals surface area (Å²) in [5.41, 5.74) is 1.08. The third kappa shape index (κ3) is 3.58. The van der Waals surface area contributed by atoms with Crippen molar-refractivity contribution in [1.29, 1.82) is 0 Å². The van der Waals surface area contributed by atoms with Crippen LogP contribution < -0.4 is 5.32 Å². The fraction of sp³-hybridized carbons (Fsp3) is 0.500. The Labute approximate surface area is 111 Å². The van der Waals surface area contributed by atoms with Crippen molar-refractivity contribution in [2.24, 2.45) is 0 Å². The smallest absolute Gasteiger partial charge is 0.288 e. The van der Waals surface area contributed by atoms with Crippen LogP contribution in [0.3, 0.4) is 0 Å². The quantitative estimate of drug-likeness (QED) is 0.638. The highest BCUT2D eigenvalue weighted by molar-refractivity contribution is 6.33. The maximum atomic E-state index is 10.7. The fourth-order valence-corrected chi connectivity index (χ4v) is 1.88. The normalized spacial score (nSPS) is 11.4. The monoisotopic (exact) mass is 272 g/mol. The van der Waals surface area contributed by atoms with Gasteiger partial charge < -0.3 is 10.4 Å². The molecule has 0 aliphatic heterocycles. The summed E-state index contributed by atoms with van der Waals surface area (Å²) in [6.07, 6.45) is 0.570. The van der Waals surface area contributed by atoms with Crippen LogP contribution in [-0.4, -0.2) is 22.2 Å². The Morgan fingerprint density at radius 3 is 2.61 bits per heavy atom. The van der Waals surface area contributed by atoms with Gasteiger partial charge in [0.05, 0.1) is 4.92 Å². The zero-order valence-corrected chi connectivity index (χ0v) is 11.4. The number of halogens is 1. The van der Waals surface area contributed by atoms with Crippen molar-refractivity contribution in [2.45, 2.75) is 32.7 Å². The number of hydrogen-bond donors (Lipinski definition) is 2. The van der Waals surface area contributed by atoms with E-state index in [1.165, 1.54) is 6.07 Å². The van der Waals surface area contributed by atoms with Gasteiger partial charge in [0.1, 0.15) is 5.02 Å². The van der Waals surface area contributed by atoms with E-state index in [-0.39, 0.29) is 22.9 Å². The Hall–Kier alpha value is -1.33. The molecule has 2 N–H and O–H groups in total. The summed E-state index contributed by atoms with van der Waals surface area (Å²) in [5, 5.41) is 23.0. The molecule has 1 rings (SSSR count). The van der Waals surface area contributed by atoms with Gasteiger partial charge in [0.25, 0.3) is 5.69 Å². The molecule has 0 amide bonds. The molecule has 6 heteroatoms. The number of anilines is 1. The number of benzene rings is 1. The number of nitrogens with one attached hydrogen (secondary N) is 1. The van der Waals surface area contributed by atoms with Crippen molar-refractivity contribution >= 4 is 23.0 Å². The van der Waals surface area contributed by atoms with E-state index in [0.29, 0.717) is 6.42 Å². The lowest BCUT2D eigenvalue weighted by Crippen LogP contribution is -2.32. The molecule has 0 heterocycles. The zero-order chi connectivity index (χ0) is 13.9. The largest absolute Gasteiger partial charge is 0.396 e. The minimum absolute atomic E-state index is 0.0692. The van der Waals surface area contributed by atoms with Crippen molar-refractivity contribution in [1.82, 2.24) is 0 Å². The maximum absolute atomic E-state index is 10.7. The minimum Gasteiger partial charge on any atom is -0.396 e. The van der Waals surface area contributed by atoms with Crippen LogP contribution in [0.2, 0.25) is 5.02 Å². The van der Waals surface area contributed by atoms with Crippen molar-refractivity contribution < 1.29 is 10.0 Å². The molecule has 0 bridgehead atoms. The second kappa shape index (κ2) is 5.54. The van der Waals surface area contributed by atoms with Crippen molar-refractivity contribution in [3.05, 3.63) is 32.8 Å². The molecule has 0 saturated carbocycles. The number of rotatable bonds is 5. The van der Waals surface area contributed by atoms with E-state index in [4.69, 9.17) is 16.7 Å².